The topological polar surface area (TPSA) is 80.5 Å². The van der Waals surface area contributed by atoms with Gasteiger partial charge in [0.1, 0.15) is 19.4 Å². The Morgan fingerprint density at radius 3 is 2.50 bits per heavy atom. The highest BCUT2D eigenvalue weighted by Gasteiger charge is 2.15. The van der Waals surface area contributed by atoms with Crippen molar-refractivity contribution in [2.75, 3.05) is 7.11 Å². The molecule has 0 saturated carbocycles. The van der Waals surface area contributed by atoms with Crippen molar-refractivity contribution in [1.29, 1.82) is 0 Å². The zero-order valence-electron chi connectivity index (χ0n) is 10.2. The van der Waals surface area contributed by atoms with Crippen LogP contribution in [0.15, 0.2) is 40.6 Å². The molecule has 18 heavy (non-hydrogen) atoms. The van der Waals surface area contributed by atoms with E-state index in [4.69, 9.17) is 9.94 Å². The molecule has 0 unspecified atom stereocenters. The lowest BCUT2D eigenvalue weighted by Gasteiger charge is -2.02. The molecule has 0 bridgehead atoms. The van der Waals surface area contributed by atoms with Crippen molar-refractivity contribution < 1.29 is 19.6 Å². The molecule has 0 atom stereocenters. The van der Waals surface area contributed by atoms with Gasteiger partial charge in [0.2, 0.25) is 5.71 Å². The second-order valence-corrected chi connectivity index (χ2v) is 3.36. The number of hydrogen-bond acceptors (Lipinski definition) is 5. The second kappa shape index (κ2) is 7.05. The lowest BCUT2D eigenvalue weighted by atomic mass is 10.2. The molecule has 0 aliphatic carbocycles. The minimum Gasteiger partial charge on any atom is -0.476 e. The van der Waals surface area contributed by atoms with Crippen LogP contribution in [0.5, 0.6) is 0 Å². The van der Waals surface area contributed by atoms with Crippen LogP contribution in [-0.2, 0) is 21.1 Å². The summed E-state index contributed by atoms with van der Waals surface area (Å²) < 4.78 is 0. The van der Waals surface area contributed by atoms with Gasteiger partial charge in [0.05, 0.1) is 0 Å². The predicted molar refractivity (Wildman–Crippen MR) is 66.4 cm³/mol. The van der Waals surface area contributed by atoms with E-state index in [-0.39, 0.29) is 18.0 Å². The molecule has 1 N–H and O–H groups in total. The van der Waals surface area contributed by atoms with Gasteiger partial charge >= 0.3 is 5.97 Å². The van der Waals surface area contributed by atoms with Gasteiger partial charge in [0.15, 0.2) is 0 Å². The monoisotopic (exact) mass is 250 g/mol. The second-order valence-electron chi connectivity index (χ2n) is 3.36. The predicted octanol–water partition coefficient (Wildman–Crippen LogP) is 1.67. The van der Waals surface area contributed by atoms with E-state index < -0.39 is 5.97 Å². The summed E-state index contributed by atoms with van der Waals surface area (Å²) >= 11 is 0. The number of hydrogen-bond donors (Lipinski definition) is 1. The highest BCUT2D eigenvalue weighted by molar-refractivity contribution is 6.64. The van der Waals surface area contributed by atoms with Crippen molar-refractivity contribution in [3.8, 4) is 0 Å². The van der Waals surface area contributed by atoms with Crippen molar-refractivity contribution in [2.45, 2.75) is 13.5 Å². The summed E-state index contributed by atoms with van der Waals surface area (Å²) in [4.78, 5) is 20.4. The fraction of sp³-hybridized carbons (Fsp3) is 0.250. The molecular formula is C12H14N2O4. The number of rotatable bonds is 6. The largest absolute Gasteiger partial charge is 0.476 e. The summed E-state index contributed by atoms with van der Waals surface area (Å²) in [7, 11) is 1.33. The van der Waals surface area contributed by atoms with E-state index >= 15 is 0 Å². The van der Waals surface area contributed by atoms with Crippen LogP contribution in [0, 0.1) is 0 Å². The van der Waals surface area contributed by atoms with Gasteiger partial charge in [-0.2, -0.15) is 0 Å². The van der Waals surface area contributed by atoms with E-state index in [1.54, 1.807) is 0 Å². The van der Waals surface area contributed by atoms with E-state index in [9.17, 15) is 4.79 Å². The van der Waals surface area contributed by atoms with Crippen LogP contribution in [0.25, 0.3) is 0 Å². The van der Waals surface area contributed by atoms with Crippen molar-refractivity contribution in [3.05, 3.63) is 35.9 Å². The van der Waals surface area contributed by atoms with Crippen molar-refractivity contribution in [3.63, 3.8) is 0 Å². The summed E-state index contributed by atoms with van der Waals surface area (Å²) in [5, 5.41) is 16.0. The highest BCUT2D eigenvalue weighted by atomic mass is 16.6. The number of carbonyl (C=O) groups is 1. The van der Waals surface area contributed by atoms with Crippen molar-refractivity contribution in [1.82, 2.24) is 0 Å². The number of nitrogens with zero attached hydrogens (tertiary/aromatic N) is 2. The van der Waals surface area contributed by atoms with Gasteiger partial charge in [-0.3, -0.25) is 0 Å². The normalized spacial score (nSPS) is 12.1. The molecular weight excluding hydrogens is 236 g/mol. The summed E-state index contributed by atoms with van der Waals surface area (Å²) in [6.45, 7) is 1.67. The number of carboxylic acid groups (broad SMARTS) is 1. The van der Waals surface area contributed by atoms with Crippen LogP contribution in [0.4, 0.5) is 0 Å². The highest BCUT2D eigenvalue weighted by Crippen LogP contribution is 2.01. The average molecular weight is 250 g/mol. The van der Waals surface area contributed by atoms with Crippen LogP contribution in [0.1, 0.15) is 12.5 Å². The molecule has 0 fully saturated rings. The Morgan fingerprint density at radius 2 is 1.94 bits per heavy atom. The number of carboxylic acids is 1. The Balaban J connectivity index is 2.68. The standard InChI is InChI=1S/C12H14N2O4/c1-9(13-17-2)11(12(15)16)14-18-8-10-6-4-3-5-7-10/h3-7H,8H2,1-2H3,(H,15,16)/b13-9+,14-11-. The molecule has 1 aromatic rings. The molecule has 6 heteroatoms. The van der Waals surface area contributed by atoms with Gasteiger partial charge in [0.25, 0.3) is 0 Å². The quantitative estimate of drug-likeness (QED) is 0.615. The minimum atomic E-state index is -1.22. The molecule has 0 saturated heterocycles. The van der Waals surface area contributed by atoms with Crippen LogP contribution >= 0.6 is 0 Å². The van der Waals surface area contributed by atoms with Crippen LogP contribution in [0.2, 0.25) is 0 Å². The molecule has 1 rings (SSSR count). The molecule has 0 amide bonds. The van der Waals surface area contributed by atoms with Gasteiger partial charge in [-0.25, -0.2) is 4.79 Å². The minimum absolute atomic E-state index is 0.137. The maximum Gasteiger partial charge on any atom is 0.360 e. The molecule has 0 spiro atoms. The van der Waals surface area contributed by atoms with E-state index in [2.05, 4.69) is 15.1 Å². The first-order valence-electron chi connectivity index (χ1n) is 5.20. The summed E-state index contributed by atoms with van der Waals surface area (Å²) in [5.74, 6) is -1.22. The Morgan fingerprint density at radius 1 is 1.28 bits per heavy atom. The lowest BCUT2D eigenvalue weighted by molar-refractivity contribution is -0.129. The molecule has 0 aliphatic rings. The van der Waals surface area contributed by atoms with Crippen LogP contribution < -0.4 is 0 Å². The van der Waals surface area contributed by atoms with E-state index in [1.807, 2.05) is 30.3 Å². The summed E-state index contributed by atoms with van der Waals surface area (Å²) in [5.41, 5.74) is 0.748. The molecule has 6 nitrogen and oxygen atoms in total. The maximum atomic E-state index is 10.9. The zero-order valence-corrected chi connectivity index (χ0v) is 10.2. The number of benzene rings is 1. The van der Waals surface area contributed by atoms with E-state index in [0.29, 0.717) is 0 Å². The fourth-order valence-corrected chi connectivity index (χ4v) is 1.19. The smallest absolute Gasteiger partial charge is 0.360 e. The average Bonchev–Trinajstić information content (AvgIpc) is 2.35. The van der Waals surface area contributed by atoms with E-state index in [1.165, 1.54) is 14.0 Å². The number of oxime groups is 2. The van der Waals surface area contributed by atoms with Gasteiger partial charge in [-0.05, 0) is 12.5 Å². The first-order chi connectivity index (χ1) is 8.65. The zero-order chi connectivity index (χ0) is 13.4. The Kier molecular flexibility index (Phi) is 5.37. The third-order valence-electron chi connectivity index (χ3n) is 2.00. The van der Waals surface area contributed by atoms with Gasteiger partial charge in [-0.1, -0.05) is 40.6 Å². The van der Waals surface area contributed by atoms with Gasteiger partial charge in [0, 0.05) is 0 Å². The molecule has 96 valence electrons. The van der Waals surface area contributed by atoms with Crippen LogP contribution in [0.3, 0.4) is 0 Å². The van der Waals surface area contributed by atoms with Crippen molar-refractivity contribution in [2.24, 2.45) is 10.3 Å². The molecule has 0 radical (unpaired) electrons. The maximum absolute atomic E-state index is 10.9. The third-order valence-corrected chi connectivity index (χ3v) is 2.00. The molecule has 0 heterocycles. The molecule has 0 aromatic heterocycles. The Hall–Kier alpha value is -2.37. The third kappa shape index (κ3) is 4.25. The van der Waals surface area contributed by atoms with Gasteiger partial charge < -0.3 is 14.8 Å². The fourth-order valence-electron chi connectivity index (χ4n) is 1.19. The van der Waals surface area contributed by atoms with Crippen molar-refractivity contribution >= 4 is 17.4 Å². The Bertz CT molecular complexity index is 454. The first-order valence-corrected chi connectivity index (χ1v) is 5.20. The molecule has 1 aromatic carbocycles. The summed E-state index contributed by atoms with van der Waals surface area (Å²) in [6, 6.07) is 9.30. The summed E-state index contributed by atoms with van der Waals surface area (Å²) in [6.07, 6.45) is 0. The molecule has 0 aliphatic heterocycles. The van der Waals surface area contributed by atoms with Gasteiger partial charge in [-0.15, -0.1) is 0 Å². The SMILES string of the molecule is CO/N=C(C)/C(=N/OCc1ccccc1)C(=O)O. The first kappa shape index (κ1) is 13.7. The number of aliphatic carboxylic acids is 1. The van der Waals surface area contributed by atoms with E-state index in [0.717, 1.165) is 5.56 Å². The van der Waals surface area contributed by atoms with Crippen LogP contribution in [-0.4, -0.2) is 29.6 Å². The Labute approximate surface area is 105 Å². The lowest BCUT2D eigenvalue weighted by Crippen LogP contribution is -2.22.